The fraction of sp³-hybridized carbons (Fsp3) is 0.0345. The highest BCUT2D eigenvalue weighted by atomic mass is 35.5. The van der Waals surface area contributed by atoms with E-state index in [1.165, 1.54) is 12.1 Å². The van der Waals surface area contributed by atoms with Gasteiger partial charge in [0.2, 0.25) is 11.8 Å². The Morgan fingerprint density at radius 1 is 0.846 bits per heavy atom. The van der Waals surface area contributed by atoms with E-state index in [1.54, 1.807) is 54.6 Å². The molecule has 0 fully saturated rings. The van der Waals surface area contributed by atoms with Crippen molar-refractivity contribution in [1.82, 2.24) is 4.98 Å². The van der Waals surface area contributed by atoms with Crippen LogP contribution in [0.25, 0.3) is 33.8 Å². The fourth-order valence-electron chi connectivity index (χ4n) is 4.02. The number of alkyl halides is 3. The van der Waals surface area contributed by atoms with Gasteiger partial charge >= 0.3 is 6.18 Å². The number of nitrogens with one attached hydrogen (secondary N) is 1. The summed E-state index contributed by atoms with van der Waals surface area (Å²) >= 11 is 12.9. The molecule has 4 aromatic carbocycles. The van der Waals surface area contributed by atoms with E-state index in [0.717, 1.165) is 12.1 Å². The predicted octanol–water partition coefficient (Wildman–Crippen LogP) is 8.96. The van der Waals surface area contributed by atoms with Crippen molar-refractivity contribution in [2.75, 3.05) is 5.32 Å². The Kier molecular flexibility index (Phi) is 7.08. The molecule has 0 aliphatic carbocycles. The minimum Gasteiger partial charge on any atom is -0.507 e. The maximum Gasteiger partial charge on any atom is 0.416 e. The van der Waals surface area contributed by atoms with Crippen LogP contribution in [0.1, 0.15) is 15.9 Å². The maximum atomic E-state index is 13.5. The first kappa shape index (κ1) is 26.3. The van der Waals surface area contributed by atoms with Crippen molar-refractivity contribution in [1.29, 1.82) is 0 Å². The molecule has 10 heteroatoms. The summed E-state index contributed by atoms with van der Waals surface area (Å²) < 4.78 is 45.2. The quantitative estimate of drug-likeness (QED) is 0.222. The number of rotatable bonds is 5. The van der Waals surface area contributed by atoms with Gasteiger partial charge in [-0.15, -0.1) is 0 Å². The summed E-state index contributed by atoms with van der Waals surface area (Å²) in [6.45, 7) is 0. The monoisotopic (exact) mass is 568 g/mol. The fourth-order valence-corrected chi connectivity index (χ4v) is 4.60. The van der Waals surface area contributed by atoms with Gasteiger partial charge in [-0.05, 0) is 48.0 Å². The summed E-state index contributed by atoms with van der Waals surface area (Å²) in [5, 5.41) is 13.6. The highest BCUT2D eigenvalue weighted by Crippen LogP contribution is 2.41. The van der Waals surface area contributed by atoms with Gasteiger partial charge in [-0.25, -0.2) is 4.98 Å². The van der Waals surface area contributed by atoms with Crippen LogP contribution < -0.4 is 5.32 Å². The number of amides is 1. The van der Waals surface area contributed by atoms with Crippen molar-refractivity contribution in [3.05, 3.63) is 112 Å². The van der Waals surface area contributed by atoms with Gasteiger partial charge < -0.3 is 9.52 Å². The number of halogens is 5. The third-order valence-electron chi connectivity index (χ3n) is 5.86. The number of aromatic hydroxyl groups is 1. The Bertz CT molecular complexity index is 1670. The molecule has 39 heavy (non-hydrogen) atoms. The zero-order chi connectivity index (χ0) is 27.7. The average molecular weight is 569 g/mol. The molecule has 5 aromatic rings. The number of aromatic nitrogens is 1. The van der Waals surface area contributed by atoms with Crippen LogP contribution in [-0.4, -0.2) is 16.0 Å². The van der Waals surface area contributed by atoms with Crippen LogP contribution >= 0.6 is 23.2 Å². The van der Waals surface area contributed by atoms with Gasteiger partial charge in [0, 0.05) is 22.3 Å². The molecule has 0 saturated heterocycles. The number of phenolic OH excluding ortho intramolecular Hbond substituents is 1. The molecule has 1 aromatic heterocycles. The molecule has 0 atom stereocenters. The average Bonchev–Trinajstić information content (AvgIpc) is 3.31. The number of benzene rings is 4. The molecule has 0 aliphatic heterocycles. The minimum absolute atomic E-state index is 0.0414. The molecule has 196 valence electrons. The van der Waals surface area contributed by atoms with E-state index in [1.807, 2.05) is 6.07 Å². The lowest BCUT2D eigenvalue weighted by molar-refractivity contribution is -0.137. The number of carbonyl (C=O) groups excluding carboxylic acids is 1. The molecule has 0 saturated carbocycles. The van der Waals surface area contributed by atoms with Crippen molar-refractivity contribution >= 4 is 35.0 Å². The normalized spacial score (nSPS) is 11.4. The Balaban J connectivity index is 1.58. The number of nitrogens with zero attached hydrogens (tertiary/aromatic N) is 1. The second kappa shape index (κ2) is 10.5. The standard InChI is InChI=1S/C29H17Cl2F3N2O3/c30-21-11-6-12-22(31)24(21)25-28(39-27(35-25)16-7-2-1-3-8-16)36-26(38)20-10-5-4-9-18(20)19-14-13-17(15-23(19)37)29(32,33)34/h1-15,37H,(H,36,38). The van der Waals surface area contributed by atoms with Crippen LogP contribution in [0.2, 0.25) is 10.0 Å². The van der Waals surface area contributed by atoms with Gasteiger partial charge in [0.05, 0.1) is 15.6 Å². The second-order valence-electron chi connectivity index (χ2n) is 8.39. The molecule has 0 unspecified atom stereocenters. The van der Waals surface area contributed by atoms with Crippen molar-refractivity contribution in [3.63, 3.8) is 0 Å². The van der Waals surface area contributed by atoms with E-state index < -0.39 is 23.4 Å². The summed E-state index contributed by atoms with van der Waals surface area (Å²) in [5.41, 5.74) is 0.483. The number of carbonyl (C=O) groups is 1. The van der Waals surface area contributed by atoms with Gasteiger partial charge in [0.25, 0.3) is 5.91 Å². The van der Waals surface area contributed by atoms with E-state index in [0.29, 0.717) is 17.2 Å². The van der Waals surface area contributed by atoms with E-state index in [2.05, 4.69) is 10.3 Å². The lowest BCUT2D eigenvalue weighted by Crippen LogP contribution is -2.13. The molecule has 1 amide bonds. The van der Waals surface area contributed by atoms with Gasteiger partial charge in [-0.2, -0.15) is 13.2 Å². The van der Waals surface area contributed by atoms with Crippen molar-refractivity contribution in [2.45, 2.75) is 6.18 Å². The minimum atomic E-state index is -4.63. The van der Waals surface area contributed by atoms with E-state index in [9.17, 15) is 23.1 Å². The van der Waals surface area contributed by atoms with Crippen molar-refractivity contribution in [3.8, 4) is 39.6 Å². The molecular weight excluding hydrogens is 552 g/mol. The Hall–Kier alpha value is -4.27. The molecule has 0 aliphatic rings. The first-order chi connectivity index (χ1) is 18.6. The van der Waals surface area contributed by atoms with E-state index in [-0.39, 0.29) is 44.2 Å². The summed E-state index contributed by atoms with van der Waals surface area (Å²) in [4.78, 5) is 18.1. The molecule has 5 rings (SSSR count). The van der Waals surface area contributed by atoms with E-state index in [4.69, 9.17) is 27.6 Å². The molecule has 2 N–H and O–H groups in total. The summed E-state index contributed by atoms with van der Waals surface area (Å²) in [7, 11) is 0. The Labute approximate surface area is 230 Å². The van der Waals surface area contributed by atoms with Crippen LogP contribution in [-0.2, 0) is 6.18 Å². The number of hydrogen-bond acceptors (Lipinski definition) is 4. The predicted molar refractivity (Wildman–Crippen MR) is 144 cm³/mol. The number of anilines is 1. The van der Waals surface area contributed by atoms with E-state index >= 15 is 0 Å². The number of phenols is 1. The Morgan fingerprint density at radius 2 is 1.51 bits per heavy atom. The number of hydrogen-bond donors (Lipinski definition) is 2. The summed E-state index contributed by atoms with van der Waals surface area (Å²) in [6, 6.07) is 22.6. The third kappa shape index (κ3) is 5.34. The van der Waals surface area contributed by atoms with Crippen LogP contribution in [0.4, 0.5) is 19.1 Å². The highest BCUT2D eigenvalue weighted by molar-refractivity contribution is 6.39. The SMILES string of the molecule is O=C(Nc1oc(-c2ccccc2)nc1-c1c(Cl)cccc1Cl)c1ccccc1-c1ccc(C(F)(F)F)cc1O. The molecular formula is C29H17Cl2F3N2O3. The van der Waals surface area contributed by atoms with Gasteiger partial charge in [0.1, 0.15) is 11.4 Å². The number of oxazole rings is 1. The smallest absolute Gasteiger partial charge is 0.416 e. The molecule has 0 spiro atoms. The maximum absolute atomic E-state index is 13.5. The van der Waals surface area contributed by atoms with Crippen LogP contribution in [0.15, 0.2) is 95.4 Å². The summed E-state index contributed by atoms with van der Waals surface area (Å²) in [6.07, 6.45) is -4.63. The van der Waals surface area contributed by atoms with Gasteiger partial charge in [-0.3, -0.25) is 10.1 Å². The third-order valence-corrected chi connectivity index (χ3v) is 6.49. The first-order valence-corrected chi connectivity index (χ1v) is 12.2. The largest absolute Gasteiger partial charge is 0.507 e. The van der Waals surface area contributed by atoms with Crippen LogP contribution in [0, 0.1) is 0 Å². The van der Waals surface area contributed by atoms with Crippen molar-refractivity contribution in [2.24, 2.45) is 0 Å². The van der Waals surface area contributed by atoms with Crippen LogP contribution in [0.5, 0.6) is 5.75 Å². The first-order valence-electron chi connectivity index (χ1n) is 11.4. The van der Waals surface area contributed by atoms with Crippen LogP contribution in [0.3, 0.4) is 0 Å². The molecule has 0 bridgehead atoms. The second-order valence-corrected chi connectivity index (χ2v) is 9.20. The zero-order valence-corrected chi connectivity index (χ0v) is 21.3. The molecule has 0 radical (unpaired) electrons. The zero-order valence-electron chi connectivity index (χ0n) is 19.8. The highest BCUT2D eigenvalue weighted by Gasteiger charge is 2.31. The van der Waals surface area contributed by atoms with Gasteiger partial charge in [0.15, 0.2) is 0 Å². The molecule has 1 heterocycles. The topological polar surface area (TPSA) is 75.4 Å². The molecule has 5 nitrogen and oxygen atoms in total. The summed E-state index contributed by atoms with van der Waals surface area (Å²) in [5.74, 6) is -1.13. The Morgan fingerprint density at radius 3 is 2.18 bits per heavy atom. The lowest BCUT2D eigenvalue weighted by Gasteiger charge is -2.13. The lowest BCUT2D eigenvalue weighted by atomic mass is 9.97. The van der Waals surface area contributed by atoms with Crippen molar-refractivity contribution < 1.29 is 27.5 Å². The van der Waals surface area contributed by atoms with Gasteiger partial charge in [-0.1, -0.05) is 71.7 Å².